The van der Waals surface area contributed by atoms with E-state index in [0.717, 1.165) is 11.6 Å². The Labute approximate surface area is 150 Å². The average Bonchev–Trinajstić information content (AvgIpc) is 2.63. The van der Waals surface area contributed by atoms with Gasteiger partial charge in [-0.2, -0.15) is 0 Å². The fraction of sp³-hybridized carbons (Fsp3) is 0.316. The van der Waals surface area contributed by atoms with Crippen molar-refractivity contribution in [3.05, 3.63) is 53.3 Å². The molecule has 140 valence electrons. The molecule has 0 saturated carbocycles. The number of hydrogen-bond donors (Lipinski definition) is 2. The van der Waals surface area contributed by atoms with Crippen molar-refractivity contribution in [2.75, 3.05) is 20.8 Å². The predicted octanol–water partition coefficient (Wildman–Crippen LogP) is 2.97. The highest BCUT2D eigenvalue weighted by Gasteiger charge is 2.13. The smallest absolute Gasteiger partial charge is 0.341 e. The molecule has 2 N–H and O–H groups in total. The summed E-state index contributed by atoms with van der Waals surface area (Å²) in [6, 6.07) is 9.17. The number of benzene rings is 2. The van der Waals surface area contributed by atoms with Crippen LogP contribution in [0.2, 0.25) is 0 Å². The third kappa shape index (κ3) is 5.35. The Hall–Kier alpha value is -2.80. The van der Waals surface area contributed by atoms with Crippen LogP contribution < -0.4 is 14.2 Å². The Kier molecular flexibility index (Phi) is 6.80. The molecule has 2 aromatic carbocycles. The SMILES string of the molecule is COc1ccc(CCC(O)c2cc(F)cc(OCC(=O)O)c2)cc1OC. The maximum Gasteiger partial charge on any atom is 0.341 e. The van der Waals surface area contributed by atoms with Crippen molar-refractivity contribution in [2.45, 2.75) is 18.9 Å². The van der Waals surface area contributed by atoms with E-state index in [-0.39, 0.29) is 5.75 Å². The zero-order chi connectivity index (χ0) is 19.1. The van der Waals surface area contributed by atoms with E-state index in [4.69, 9.17) is 19.3 Å². The number of ether oxygens (including phenoxy) is 3. The maximum absolute atomic E-state index is 13.7. The van der Waals surface area contributed by atoms with Crippen LogP contribution in [0.4, 0.5) is 4.39 Å². The molecule has 2 rings (SSSR count). The van der Waals surface area contributed by atoms with Crippen LogP contribution in [-0.4, -0.2) is 37.0 Å². The molecule has 7 heteroatoms. The first-order valence-corrected chi connectivity index (χ1v) is 7.97. The second kappa shape index (κ2) is 9.05. The molecule has 6 nitrogen and oxygen atoms in total. The number of aliphatic hydroxyl groups is 1. The molecule has 0 radical (unpaired) electrons. The van der Waals surface area contributed by atoms with E-state index < -0.39 is 24.5 Å². The number of aliphatic carboxylic acids is 1. The van der Waals surface area contributed by atoms with Crippen LogP contribution in [-0.2, 0) is 11.2 Å². The topological polar surface area (TPSA) is 85.2 Å². The lowest BCUT2D eigenvalue weighted by Gasteiger charge is -2.14. The summed E-state index contributed by atoms with van der Waals surface area (Å²) in [5.41, 5.74) is 1.26. The average molecular weight is 364 g/mol. The molecular formula is C19H21FO6. The highest BCUT2D eigenvalue weighted by atomic mass is 19.1. The monoisotopic (exact) mass is 364 g/mol. The van der Waals surface area contributed by atoms with E-state index in [1.54, 1.807) is 20.3 Å². The molecule has 0 bridgehead atoms. The van der Waals surface area contributed by atoms with Gasteiger partial charge in [0.15, 0.2) is 18.1 Å². The minimum Gasteiger partial charge on any atom is -0.493 e. The van der Waals surface area contributed by atoms with E-state index in [1.807, 2.05) is 12.1 Å². The molecule has 0 heterocycles. The fourth-order valence-electron chi connectivity index (χ4n) is 2.51. The minimum absolute atomic E-state index is 0.0626. The number of aryl methyl sites for hydroxylation is 1. The number of carbonyl (C=O) groups is 1. The van der Waals surface area contributed by atoms with Gasteiger partial charge in [-0.15, -0.1) is 0 Å². The molecule has 1 atom stereocenters. The summed E-state index contributed by atoms with van der Waals surface area (Å²) in [6.07, 6.45) is -0.0494. The maximum atomic E-state index is 13.7. The summed E-state index contributed by atoms with van der Waals surface area (Å²) in [5.74, 6) is -0.498. The van der Waals surface area contributed by atoms with Gasteiger partial charge in [-0.05, 0) is 48.2 Å². The third-order valence-electron chi connectivity index (χ3n) is 3.80. The zero-order valence-corrected chi connectivity index (χ0v) is 14.6. The van der Waals surface area contributed by atoms with Crippen LogP contribution in [0.3, 0.4) is 0 Å². The molecule has 0 aliphatic carbocycles. The van der Waals surface area contributed by atoms with E-state index >= 15 is 0 Å². The fourth-order valence-corrected chi connectivity index (χ4v) is 2.51. The lowest BCUT2D eigenvalue weighted by Crippen LogP contribution is -2.10. The van der Waals surface area contributed by atoms with Crippen LogP contribution in [0.5, 0.6) is 17.2 Å². The highest BCUT2D eigenvalue weighted by Crippen LogP contribution is 2.30. The summed E-state index contributed by atoms with van der Waals surface area (Å²) < 4.78 is 29.1. The number of carboxylic acid groups (broad SMARTS) is 1. The Morgan fingerprint density at radius 3 is 2.50 bits per heavy atom. The molecule has 26 heavy (non-hydrogen) atoms. The Morgan fingerprint density at radius 1 is 1.12 bits per heavy atom. The standard InChI is InChI=1S/C19H21FO6/c1-24-17-6-4-12(7-18(17)25-2)3-5-16(21)13-8-14(20)10-15(9-13)26-11-19(22)23/h4,6-10,16,21H,3,5,11H2,1-2H3,(H,22,23). The summed E-state index contributed by atoms with van der Waals surface area (Å²) in [6.45, 7) is -0.579. The van der Waals surface area contributed by atoms with Crippen LogP contribution in [0.25, 0.3) is 0 Å². The summed E-state index contributed by atoms with van der Waals surface area (Å²) >= 11 is 0. The summed E-state index contributed by atoms with van der Waals surface area (Å²) in [4.78, 5) is 10.5. The number of methoxy groups -OCH3 is 2. The molecule has 0 aromatic heterocycles. The van der Waals surface area contributed by atoms with Gasteiger partial charge in [0.1, 0.15) is 11.6 Å². The Balaban J connectivity index is 2.05. The van der Waals surface area contributed by atoms with Gasteiger partial charge in [0.05, 0.1) is 20.3 Å². The molecule has 2 aromatic rings. The summed E-state index contributed by atoms with van der Waals surface area (Å²) in [5, 5.41) is 19.0. The van der Waals surface area contributed by atoms with E-state index in [0.29, 0.717) is 29.9 Å². The third-order valence-corrected chi connectivity index (χ3v) is 3.80. The molecule has 0 aliphatic rings. The van der Waals surface area contributed by atoms with Crippen molar-refractivity contribution >= 4 is 5.97 Å². The van der Waals surface area contributed by atoms with E-state index in [9.17, 15) is 14.3 Å². The molecule has 0 saturated heterocycles. The van der Waals surface area contributed by atoms with Gasteiger partial charge in [-0.25, -0.2) is 9.18 Å². The Bertz CT molecular complexity index is 762. The molecular weight excluding hydrogens is 343 g/mol. The zero-order valence-electron chi connectivity index (χ0n) is 14.6. The van der Waals surface area contributed by atoms with Gasteiger partial charge in [-0.1, -0.05) is 6.07 Å². The normalized spacial score (nSPS) is 11.7. The molecule has 0 spiro atoms. The largest absolute Gasteiger partial charge is 0.493 e. The van der Waals surface area contributed by atoms with Crippen molar-refractivity contribution in [3.63, 3.8) is 0 Å². The second-order valence-corrected chi connectivity index (χ2v) is 5.65. The van der Waals surface area contributed by atoms with Gasteiger partial charge in [0.25, 0.3) is 0 Å². The van der Waals surface area contributed by atoms with Gasteiger partial charge < -0.3 is 24.4 Å². The number of halogens is 1. The molecule has 0 aliphatic heterocycles. The first-order chi connectivity index (χ1) is 12.4. The van der Waals surface area contributed by atoms with E-state index in [2.05, 4.69) is 0 Å². The van der Waals surface area contributed by atoms with Crippen molar-refractivity contribution in [3.8, 4) is 17.2 Å². The highest BCUT2D eigenvalue weighted by molar-refractivity contribution is 5.68. The van der Waals surface area contributed by atoms with Crippen LogP contribution in [0.1, 0.15) is 23.7 Å². The van der Waals surface area contributed by atoms with Crippen LogP contribution in [0, 0.1) is 5.82 Å². The van der Waals surface area contributed by atoms with Crippen molar-refractivity contribution in [2.24, 2.45) is 0 Å². The van der Waals surface area contributed by atoms with Crippen molar-refractivity contribution in [1.82, 2.24) is 0 Å². The number of rotatable bonds is 9. The molecule has 1 unspecified atom stereocenters. The Morgan fingerprint density at radius 2 is 1.85 bits per heavy atom. The second-order valence-electron chi connectivity index (χ2n) is 5.65. The van der Waals surface area contributed by atoms with Crippen molar-refractivity contribution in [1.29, 1.82) is 0 Å². The number of hydrogen-bond acceptors (Lipinski definition) is 5. The quantitative estimate of drug-likeness (QED) is 0.712. The lowest BCUT2D eigenvalue weighted by molar-refractivity contribution is -0.139. The van der Waals surface area contributed by atoms with Crippen LogP contribution >= 0.6 is 0 Å². The van der Waals surface area contributed by atoms with Gasteiger partial charge in [0.2, 0.25) is 0 Å². The molecule has 0 amide bonds. The lowest BCUT2D eigenvalue weighted by atomic mass is 10.0. The first kappa shape index (κ1) is 19.5. The predicted molar refractivity (Wildman–Crippen MR) is 92.4 cm³/mol. The van der Waals surface area contributed by atoms with Crippen LogP contribution in [0.15, 0.2) is 36.4 Å². The van der Waals surface area contributed by atoms with E-state index in [1.165, 1.54) is 12.1 Å². The minimum atomic E-state index is -1.16. The van der Waals surface area contributed by atoms with Gasteiger partial charge in [-0.3, -0.25) is 0 Å². The first-order valence-electron chi connectivity index (χ1n) is 7.97. The van der Waals surface area contributed by atoms with Gasteiger partial charge in [0, 0.05) is 6.07 Å². The number of aliphatic hydroxyl groups excluding tert-OH is 1. The molecule has 0 fully saturated rings. The number of carboxylic acids is 1. The summed E-state index contributed by atoms with van der Waals surface area (Å²) in [7, 11) is 3.09. The van der Waals surface area contributed by atoms with Crippen molar-refractivity contribution < 1.29 is 33.6 Å². The van der Waals surface area contributed by atoms with Gasteiger partial charge >= 0.3 is 5.97 Å².